The molecule has 0 bridgehead atoms. The molecule has 33 heavy (non-hydrogen) atoms. The van der Waals surface area contributed by atoms with Crippen molar-refractivity contribution >= 4 is 29.1 Å². The van der Waals surface area contributed by atoms with Crippen molar-refractivity contribution in [3.63, 3.8) is 0 Å². The largest absolute Gasteiger partial charge is 0.329 e. The van der Waals surface area contributed by atoms with Crippen molar-refractivity contribution < 1.29 is 14.4 Å². The highest BCUT2D eigenvalue weighted by atomic mass is 16.2. The van der Waals surface area contributed by atoms with Gasteiger partial charge in [0.2, 0.25) is 11.8 Å². The standard InChI is InChI=1S/C26H30N4O3/c1-6-7-8-21-16(4)27-25(33)26(21)12-18-9-10-20(11-19(18)13-26)29-22(31)14-30-17(5)28-23(15(2)3)24(30)32/h6-11,15,17H,1,12-14H2,2-5H3,(H,27,33)(H,29,31)/b8-7-. The van der Waals surface area contributed by atoms with Crippen LogP contribution in [0.5, 0.6) is 0 Å². The van der Waals surface area contributed by atoms with Crippen molar-refractivity contribution in [2.24, 2.45) is 16.3 Å². The summed E-state index contributed by atoms with van der Waals surface area (Å²) in [6, 6.07) is 5.76. The Kier molecular flexibility index (Phi) is 5.82. The first-order chi connectivity index (χ1) is 15.7. The maximum Gasteiger partial charge on any atom is 0.270 e. The summed E-state index contributed by atoms with van der Waals surface area (Å²) in [5.41, 5.74) is 4.53. The third-order valence-corrected chi connectivity index (χ3v) is 6.65. The van der Waals surface area contributed by atoms with Crippen LogP contribution >= 0.6 is 0 Å². The zero-order chi connectivity index (χ0) is 23.9. The molecule has 1 aliphatic carbocycles. The van der Waals surface area contributed by atoms with Gasteiger partial charge < -0.3 is 15.5 Å². The summed E-state index contributed by atoms with van der Waals surface area (Å²) in [7, 11) is 0. The molecule has 7 nitrogen and oxygen atoms in total. The summed E-state index contributed by atoms with van der Waals surface area (Å²) in [5.74, 6) is -0.424. The minimum Gasteiger partial charge on any atom is -0.329 e. The molecule has 0 fully saturated rings. The van der Waals surface area contributed by atoms with Gasteiger partial charge in [-0.2, -0.15) is 0 Å². The molecule has 3 aliphatic rings. The molecule has 7 heteroatoms. The van der Waals surface area contributed by atoms with Gasteiger partial charge in [-0.25, -0.2) is 0 Å². The summed E-state index contributed by atoms with van der Waals surface area (Å²) in [4.78, 5) is 44.1. The SMILES string of the molecule is C=C/C=C\C1=C(C)NC(=O)C12Cc1ccc(NC(=O)CN3C(=O)C(C(C)C)=NC3C)cc1C2. The van der Waals surface area contributed by atoms with Gasteiger partial charge in [-0.15, -0.1) is 0 Å². The average molecular weight is 447 g/mol. The second-order valence-electron chi connectivity index (χ2n) is 9.29. The first-order valence-electron chi connectivity index (χ1n) is 11.3. The van der Waals surface area contributed by atoms with Crippen molar-refractivity contribution in [2.45, 2.75) is 46.7 Å². The van der Waals surface area contributed by atoms with E-state index in [9.17, 15) is 14.4 Å². The van der Waals surface area contributed by atoms with Crippen LogP contribution in [0.1, 0.15) is 38.8 Å². The third-order valence-electron chi connectivity index (χ3n) is 6.65. The first kappa shape index (κ1) is 22.7. The number of allylic oxidation sites excluding steroid dienone is 4. The minimum atomic E-state index is -0.628. The van der Waals surface area contributed by atoms with E-state index in [0.29, 0.717) is 24.2 Å². The molecule has 1 aromatic rings. The Morgan fingerprint density at radius 2 is 2.06 bits per heavy atom. The molecule has 2 unspecified atom stereocenters. The van der Waals surface area contributed by atoms with Gasteiger partial charge in [0.05, 0.1) is 5.41 Å². The van der Waals surface area contributed by atoms with E-state index >= 15 is 0 Å². The molecule has 1 aromatic carbocycles. The molecular formula is C26H30N4O3. The molecule has 2 heterocycles. The molecule has 0 saturated carbocycles. The van der Waals surface area contributed by atoms with Gasteiger partial charge >= 0.3 is 0 Å². The molecule has 4 rings (SSSR count). The number of hydrogen-bond donors (Lipinski definition) is 2. The molecular weight excluding hydrogens is 416 g/mol. The van der Waals surface area contributed by atoms with E-state index in [-0.39, 0.29) is 36.3 Å². The van der Waals surface area contributed by atoms with Gasteiger partial charge in [-0.05, 0) is 55.5 Å². The smallest absolute Gasteiger partial charge is 0.270 e. The Morgan fingerprint density at radius 3 is 2.73 bits per heavy atom. The highest BCUT2D eigenvalue weighted by molar-refractivity contribution is 6.41. The number of anilines is 1. The highest BCUT2D eigenvalue weighted by Crippen LogP contribution is 2.47. The molecule has 0 saturated heterocycles. The van der Waals surface area contributed by atoms with E-state index in [2.05, 4.69) is 22.2 Å². The molecule has 2 N–H and O–H groups in total. The van der Waals surface area contributed by atoms with Crippen LogP contribution in [0.15, 0.2) is 59.3 Å². The minimum absolute atomic E-state index is 0.00740. The number of nitrogens with one attached hydrogen (secondary N) is 2. The van der Waals surface area contributed by atoms with Gasteiger partial charge in [0.25, 0.3) is 5.91 Å². The van der Waals surface area contributed by atoms with Crippen LogP contribution < -0.4 is 10.6 Å². The van der Waals surface area contributed by atoms with Crippen molar-refractivity contribution in [2.75, 3.05) is 11.9 Å². The number of carbonyl (C=O) groups is 3. The number of hydrogen-bond acceptors (Lipinski definition) is 4. The molecule has 172 valence electrons. The molecule has 0 aromatic heterocycles. The summed E-state index contributed by atoms with van der Waals surface area (Å²) in [5, 5.41) is 5.89. The fraction of sp³-hybridized carbons (Fsp3) is 0.385. The van der Waals surface area contributed by atoms with Crippen molar-refractivity contribution in [3.8, 4) is 0 Å². The lowest BCUT2D eigenvalue weighted by Gasteiger charge is -2.22. The van der Waals surface area contributed by atoms with Crippen molar-refractivity contribution in [1.82, 2.24) is 10.2 Å². The summed E-state index contributed by atoms with van der Waals surface area (Å²) in [6.07, 6.45) is 6.35. The molecule has 3 amide bonds. The van der Waals surface area contributed by atoms with Gasteiger partial charge in [-0.3, -0.25) is 19.4 Å². The van der Waals surface area contributed by atoms with Crippen LogP contribution in [0.2, 0.25) is 0 Å². The number of aliphatic imine (C=N–C) groups is 1. The quantitative estimate of drug-likeness (QED) is 0.658. The molecule has 0 radical (unpaired) electrons. The summed E-state index contributed by atoms with van der Waals surface area (Å²) < 4.78 is 0. The zero-order valence-corrected chi connectivity index (χ0v) is 19.6. The topological polar surface area (TPSA) is 90.9 Å². The number of amides is 3. The number of fused-ring (bicyclic) bond motifs is 1. The fourth-order valence-electron chi connectivity index (χ4n) is 4.99. The van der Waals surface area contributed by atoms with Crippen LogP contribution in [0, 0.1) is 11.3 Å². The van der Waals surface area contributed by atoms with Crippen LogP contribution in [0.25, 0.3) is 0 Å². The number of benzene rings is 1. The lowest BCUT2D eigenvalue weighted by Crippen LogP contribution is -2.41. The lowest BCUT2D eigenvalue weighted by molar-refractivity contribution is -0.129. The molecule has 1 spiro atoms. The van der Waals surface area contributed by atoms with Gasteiger partial charge in [-0.1, -0.05) is 44.7 Å². The third kappa shape index (κ3) is 3.92. The number of nitrogens with zero attached hydrogens (tertiary/aromatic N) is 2. The van der Waals surface area contributed by atoms with Crippen LogP contribution in [-0.4, -0.2) is 41.0 Å². The molecule has 2 atom stereocenters. The van der Waals surface area contributed by atoms with E-state index in [0.717, 1.165) is 22.4 Å². The van der Waals surface area contributed by atoms with E-state index in [1.54, 1.807) is 6.08 Å². The van der Waals surface area contributed by atoms with Crippen LogP contribution in [0.3, 0.4) is 0 Å². The predicted octanol–water partition coefficient (Wildman–Crippen LogP) is 3.14. The number of rotatable bonds is 6. The van der Waals surface area contributed by atoms with Crippen LogP contribution in [-0.2, 0) is 27.2 Å². The summed E-state index contributed by atoms with van der Waals surface area (Å²) >= 11 is 0. The lowest BCUT2D eigenvalue weighted by atomic mass is 9.78. The Bertz CT molecular complexity index is 1140. The normalized spacial score (nSPS) is 24.2. The maximum atomic E-state index is 12.9. The Labute approximate surface area is 194 Å². The fourth-order valence-corrected chi connectivity index (χ4v) is 4.99. The second kappa shape index (κ2) is 8.46. The van der Waals surface area contributed by atoms with E-state index in [1.165, 1.54) is 4.90 Å². The Balaban J connectivity index is 1.48. The van der Waals surface area contributed by atoms with Crippen LogP contribution in [0.4, 0.5) is 5.69 Å². The Hall–Kier alpha value is -3.48. The Morgan fingerprint density at radius 1 is 1.33 bits per heavy atom. The van der Waals surface area contributed by atoms with E-state index in [1.807, 2.05) is 58.0 Å². The molecule has 2 aliphatic heterocycles. The van der Waals surface area contributed by atoms with E-state index < -0.39 is 5.41 Å². The average Bonchev–Trinajstić information content (AvgIpc) is 3.34. The van der Waals surface area contributed by atoms with Gasteiger partial charge in [0.15, 0.2) is 0 Å². The second-order valence-corrected chi connectivity index (χ2v) is 9.29. The summed E-state index contributed by atoms with van der Waals surface area (Å²) in [6.45, 7) is 11.3. The first-order valence-corrected chi connectivity index (χ1v) is 11.3. The van der Waals surface area contributed by atoms with Gasteiger partial charge in [0, 0.05) is 17.3 Å². The van der Waals surface area contributed by atoms with Gasteiger partial charge in [0.1, 0.15) is 18.4 Å². The predicted molar refractivity (Wildman–Crippen MR) is 129 cm³/mol. The highest BCUT2D eigenvalue weighted by Gasteiger charge is 2.50. The maximum absolute atomic E-state index is 12.9. The van der Waals surface area contributed by atoms with Crippen molar-refractivity contribution in [3.05, 3.63) is 65.4 Å². The van der Waals surface area contributed by atoms with E-state index in [4.69, 9.17) is 0 Å². The zero-order valence-electron chi connectivity index (χ0n) is 19.6. The van der Waals surface area contributed by atoms with Crippen molar-refractivity contribution in [1.29, 1.82) is 0 Å². The number of carbonyl (C=O) groups excluding carboxylic acids is 3. The monoisotopic (exact) mass is 446 g/mol.